The number of sulfonamides is 1. The van der Waals surface area contributed by atoms with Gasteiger partial charge in [0, 0.05) is 12.7 Å². The maximum Gasteiger partial charge on any atom is 0.416 e. The highest BCUT2D eigenvalue weighted by Crippen LogP contribution is 2.30. The Balaban J connectivity index is 1.60. The van der Waals surface area contributed by atoms with E-state index in [1.54, 1.807) is 30.3 Å². The quantitative estimate of drug-likeness (QED) is 0.496. The molecular formula is C23H19F3N2O5S. The number of amides is 1. The van der Waals surface area contributed by atoms with Crippen LogP contribution in [0.15, 0.2) is 83.8 Å². The van der Waals surface area contributed by atoms with Gasteiger partial charge in [0.25, 0.3) is 15.9 Å². The summed E-state index contributed by atoms with van der Waals surface area (Å²) in [6, 6.07) is 17.4. The van der Waals surface area contributed by atoms with Crippen LogP contribution < -0.4 is 9.62 Å². The van der Waals surface area contributed by atoms with E-state index in [0.717, 1.165) is 22.5 Å². The molecular weight excluding hydrogens is 473 g/mol. The van der Waals surface area contributed by atoms with E-state index in [4.69, 9.17) is 4.74 Å². The summed E-state index contributed by atoms with van der Waals surface area (Å²) in [6.07, 6.45) is -4.57. The standard InChI is InChI=1S/C23H19F3N2O5S/c1-28(19-8-3-2-4-9-19)34(31,32)20-12-10-16(11-13-20)22(30)33-15-21(29)27-18-7-5-6-17(14-18)23(24,25)26/h2-14H,15H2,1H3,(H,27,29). The average Bonchev–Trinajstić information content (AvgIpc) is 2.82. The Hall–Kier alpha value is -3.86. The summed E-state index contributed by atoms with van der Waals surface area (Å²) >= 11 is 0. The molecule has 0 fully saturated rings. The van der Waals surface area contributed by atoms with Crippen LogP contribution in [0.1, 0.15) is 15.9 Å². The molecule has 0 unspecified atom stereocenters. The normalized spacial score (nSPS) is 11.5. The zero-order valence-corrected chi connectivity index (χ0v) is 18.6. The SMILES string of the molecule is CN(c1ccccc1)S(=O)(=O)c1ccc(C(=O)OCC(=O)Nc2cccc(C(F)(F)F)c2)cc1. The van der Waals surface area contributed by atoms with Gasteiger partial charge in [0.2, 0.25) is 0 Å². The summed E-state index contributed by atoms with van der Waals surface area (Å²) in [6.45, 7) is -0.744. The molecule has 0 bridgehead atoms. The second-order valence-electron chi connectivity index (χ2n) is 7.04. The minimum Gasteiger partial charge on any atom is -0.452 e. The Bertz CT molecular complexity index is 1280. The number of hydrogen-bond acceptors (Lipinski definition) is 5. The Kier molecular flexibility index (Phi) is 7.26. The predicted molar refractivity (Wildman–Crippen MR) is 119 cm³/mol. The molecule has 7 nitrogen and oxygen atoms in total. The average molecular weight is 492 g/mol. The van der Waals surface area contributed by atoms with Gasteiger partial charge in [0.05, 0.1) is 21.7 Å². The van der Waals surface area contributed by atoms with Gasteiger partial charge in [-0.25, -0.2) is 13.2 Å². The molecule has 0 aliphatic rings. The predicted octanol–water partition coefficient (Wildman–Crippen LogP) is 4.33. The van der Waals surface area contributed by atoms with Gasteiger partial charge in [-0.15, -0.1) is 0 Å². The van der Waals surface area contributed by atoms with Gasteiger partial charge in [-0.2, -0.15) is 13.2 Å². The van der Waals surface area contributed by atoms with Gasteiger partial charge in [0.15, 0.2) is 6.61 Å². The van der Waals surface area contributed by atoms with Gasteiger partial charge in [-0.05, 0) is 54.6 Å². The summed E-state index contributed by atoms with van der Waals surface area (Å²) in [5.41, 5.74) is -0.589. The van der Waals surface area contributed by atoms with Crippen LogP contribution in [0.25, 0.3) is 0 Å². The van der Waals surface area contributed by atoms with Crippen LogP contribution in [0.2, 0.25) is 0 Å². The molecule has 0 aliphatic heterocycles. The number of ether oxygens (including phenoxy) is 1. The van der Waals surface area contributed by atoms with Crippen LogP contribution in [-0.2, 0) is 25.7 Å². The van der Waals surface area contributed by atoms with Crippen molar-refractivity contribution in [3.63, 3.8) is 0 Å². The zero-order chi connectivity index (χ0) is 24.9. The number of benzene rings is 3. The van der Waals surface area contributed by atoms with E-state index in [-0.39, 0.29) is 16.1 Å². The van der Waals surface area contributed by atoms with Crippen LogP contribution in [0, 0.1) is 0 Å². The number of carbonyl (C=O) groups excluding carboxylic acids is 2. The molecule has 0 spiro atoms. The van der Waals surface area contributed by atoms with Crippen LogP contribution >= 0.6 is 0 Å². The lowest BCUT2D eigenvalue weighted by molar-refractivity contribution is -0.137. The lowest BCUT2D eigenvalue weighted by Gasteiger charge is -2.19. The highest BCUT2D eigenvalue weighted by molar-refractivity contribution is 7.92. The Morgan fingerprint density at radius 2 is 1.59 bits per heavy atom. The van der Waals surface area contributed by atoms with Crippen molar-refractivity contribution in [2.45, 2.75) is 11.1 Å². The molecule has 3 aromatic rings. The van der Waals surface area contributed by atoms with Crippen molar-refractivity contribution >= 4 is 33.3 Å². The number of nitrogens with zero attached hydrogens (tertiary/aromatic N) is 1. The summed E-state index contributed by atoms with van der Waals surface area (Å²) in [4.78, 5) is 24.1. The summed E-state index contributed by atoms with van der Waals surface area (Å²) in [5.74, 6) is -1.74. The molecule has 0 atom stereocenters. The van der Waals surface area contributed by atoms with E-state index in [0.29, 0.717) is 5.69 Å². The van der Waals surface area contributed by atoms with Gasteiger partial charge in [-0.3, -0.25) is 9.10 Å². The van der Waals surface area contributed by atoms with Gasteiger partial charge >= 0.3 is 12.1 Å². The molecule has 11 heteroatoms. The van der Waals surface area contributed by atoms with Gasteiger partial charge < -0.3 is 10.1 Å². The number of hydrogen-bond donors (Lipinski definition) is 1. The van der Waals surface area contributed by atoms with Gasteiger partial charge in [0.1, 0.15) is 0 Å². The number of anilines is 2. The van der Waals surface area contributed by atoms with E-state index in [1.807, 2.05) is 0 Å². The van der Waals surface area contributed by atoms with Crippen molar-refractivity contribution in [3.05, 3.63) is 90.0 Å². The third kappa shape index (κ3) is 5.93. The first kappa shape index (κ1) is 24.8. The lowest BCUT2D eigenvalue weighted by Crippen LogP contribution is -2.26. The Labute approximate surface area is 193 Å². The molecule has 0 heterocycles. The maximum absolute atomic E-state index is 12.8. The van der Waals surface area contributed by atoms with E-state index in [2.05, 4.69) is 5.32 Å². The maximum atomic E-state index is 12.8. The number of para-hydroxylation sites is 1. The van der Waals surface area contributed by atoms with E-state index >= 15 is 0 Å². The van der Waals surface area contributed by atoms with Crippen LogP contribution in [0.3, 0.4) is 0 Å². The van der Waals surface area contributed by atoms with E-state index in [1.165, 1.54) is 37.4 Å². The molecule has 178 valence electrons. The zero-order valence-electron chi connectivity index (χ0n) is 17.7. The molecule has 0 radical (unpaired) electrons. The largest absolute Gasteiger partial charge is 0.452 e. The van der Waals surface area contributed by atoms with Crippen LogP contribution in [0.4, 0.5) is 24.5 Å². The van der Waals surface area contributed by atoms with Crippen molar-refractivity contribution < 1.29 is 35.9 Å². The minimum absolute atomic E-state index is 0.00631. The molecule has 1 N–H and O–H groups in total. The molecule has 0 aliphatic carbocycles. The van der Waals surface area contributed by atoms with Crippen molar-refractivity contribution in [2.75, 3.05) is 23.3 Å². The summed E-state index contributed by atoms with van der Waals surface area (Å²) in [5, 5.41) is 2.22. The molecule has 0 aromatic heterocycles. The van der Waals surface area contributed by atoms with Gasteiger partial charge in [-0.1, -0.05) is 24.3 Å². The molecule has 3 aromatic carbocycles. The van der Waals surface area contributed by atoms with E-state index in [9.17, 15) is 31.2 Å². The number of esters is 1. The number of nitrogens with one attached hydrogen (secondary N) is 1. The van der Waals surface area contributed by atoms with E-state index < -0.39 is 40.2 Å². The third-order valence-corrected chi connectivity index (χ3v) is 6.48. The number of alkyl halides is 3. The van der Waals surface area contributed by atoms with Crippen molar-refractivity contribution in [2.24, 2.45) is 0 Å². The molecule has 0 saturated carbocycles. The second kappa shape index (κ2) is 9.96. The first-order chi connectivity index (χ1) is 16.0. The fraction of sp³-hybridized carbons (Fsp3) is 0.130. The molecule has 3 rings (SSSR count). The van der Waals surface area contributed by atoms with Crippen molar-refractivity contribution in [3.8, 4) is 0 Å². The van der Waals surface area contributed by atoms with Crippen molar-refractivity contribution in [1.82, 2.24) is 0 Å². The first-order valence-electron chi connectivity index (χ1n) is 9.77. The first-order valence-corrected chi connectivity index (χ1v) is 11.2. The minimum atomic E-state index is -4.57. The fourth-order valence-corrected chi connectivity index (χ4v) is 4.08. The number of halogens is 3. The highest BCUT2D eigenvalue weighted by atomic mass is 32.2. The van der Waals surface area contributed by atoms with Crippen LogP contribution in [0.5, 0.6) is 0 Å². The second-order valence-corrected chi connectivity index (χ2v) is 9.00. The topological polar surface area (TPSA) is 92.8 Å². The Morgan fingerprint density at radius 3 is 2.21 bits per heavy atom. The number of carbonyl (C=O) groups is 2. The molecule has 1 amide bonds. The lowest BCUT2D eigenvalue weighted by atomic mass is 10.2. The fourth-order valence-electron chi connectivity index (χ4n) is 2.88. The third-order valence-electron chi connectivity index (χ3n) is 4.68. The highest BCUT2D eigenvalue weighted by Gasteiger charge is 2.30. The smallest absolute Gasteiger partial charge is 0.416 e. The summed E-state index contributed by atoms with van der Waals surface area (Å²) in [7, 11) is -2.47. The van der Waals surface area contributed by atoms with Crippen molar-refractivity contribution in [1.29, 1.82) is 0 Å². The Morgan fingerprint density at radius 1 is 0.941 bits per heavy atom. The molecule has 0 saturated heterocycles. The number of rotatable bonds is 7. The summed E-state index contributed by atoms with van der Waals surface area (Å²) < 4.78 is 69.8. The van der Waals surface area contributed by atoms with Crippen LogP contribution in [-0.4, -0.2) is 33.9 Å². The molecule has 34 heavy (non-hydrogen) atoms. The monoisotopic (exact) mass is 492 g/mol.